The monoisotopic (exact) mass is 231 g/mol. The van der Waals surface area contributed by atoms with E-state index in [9.17, 15) is 4.39 Å². The summed E-state index contributed by atoms with van der Waals surface area (Å²) in [6.45, 7) is 2.36. The lowest BCUT2D eigenvalue weighted by molar-refractivity contribution is 0.470. The van der Waals surface area contributed by atoms with Crippen molar-refractivity contribution in [1.29, 1.82) is 0 Å². The largest absolute Gasteiger partial charge is 0.457 e. The number of hydrogen-bond acceptors (Lipinski definition) is 2. The van der Waals surface area contributed by atoms with Gasteiger partial charge in [0.2, 0.25) is 0 Å². The van der Waals surface area contributed by atoms with Gasteiger partial charge in [-0.15, -0.1) is 0 Å². The van der Waals surface area contributed by atoms with Crippen LogP contribution in [0.25, 0.3) is 0 Å². The molecular formula is C14H14FNO. The minimum Gasteiger partial charge on any atom is -0.457 e. The third-order valence-corrected chi connectivity index (χ3v) is 2.47. The second-order valence-corrected chi connectivity index (χ2v) is 3.87. The Hall–Kier alpha value is -1.87. The molecule has 0 saturated carbocycles. The van der Waals surface area contributed by atoms with Crippen LogP contribution in [0.1, 0.15) is 11.1 Å². The normalized spacial score (nSPS) is 10.3. The van der Waals surface area contributed by atoms with E-state index in [4.69, 9.17) is 10.5 Å². The Balaban J connectivity index is 2.32. The molecule has 0 aliphatic heterocycles. The van der Waals surface area contributed by atoms with E-state index >= 15 is 0 Å². The number of hydrogen-bond donors (Lipinski definition) is 1. The SMILES string of the molecule is Cc1ccc(CN)c(Oc2cccc(F)c2)c1. The quantitative estimate of drug-likeness (QED) is 0.878. The van der Waals surface area contributed by atoms with Crippen molar-refractivity contribution < 1.29 is 9.13 Å². The van der Waals surface area contributed by atoms with E-state index in [0.717, 1.165) is 11.1 Å². The van der Waals surface area contributed by atoms with Crippen LogP contribution in [0.4, 0.5) is 4.39 Å². The average Bonchev–Trinajstić information content (AvgIpc) is 2.29. The molecule has 2 aromatic carbocycles. The third kappa shape index (κ3) is 2.82. The topological polar surface area (TPSA) is 35.2 Å². The van der Waals surface area contributed by atoms with Gasteiger partial charge < -0.3 is 10.5 Å². The Morgan fingerprint density at radius 1 is 1.18 bits per heavy atom. The molecule has 2 nitrogen and oxygen atoms in total. The summed E-state index contributed by atoms with van der Waals surface area (Å²) < 4.78 is 18.7. The molecule has 0 heterocycles. The smallest absolute Gasteiger partial charge is 0.132 e. The highest BCUT2D eigenvalue weighted by Gasteiger charge is 2.04. The van der Waals surface area contributed by atoms with Crippen LogP contribution in [0.2, 0.25) is 0 Å². The molecule has 0 saturated heterocycles. The van der Waals surface area contributed by atoms with Crippen LogP contribution >= 0.6 is 0 Å². The van der Waals surface area contributed by atoms with Crippen LogP contribution in [-0.2, 0) is 6.54 Å². The number of benzene rings is 2. The molecule has 0 bridgehead atoms. The number of rotatable bonds is 3. The fourth-order valence-electron chi connectivity index (χ4n) is 1.58. The van der Waals surface area contributed by atoms with Crippen LogP contribution in [0.3, 0.4) is 0 Å². The first-order valence-electron chi connectivity index (χ1n) is 5.42. The molecular weight excluding hydrogens is 217 g/mol. The van der Waals surface area contributed by atoms with E-state index in [-0.39, 0.29) is 5.82 Å². The fourth-order valence-corrected chi connectivity index (χ4v) is 1.58. The molecule has 0 aliphatic rings. The van der Waals surface area contributed by atoms with Crippen molar-refractivity contribution in [2.24, 2.45) is 5.73 Å². The van der Waals surface area contributed by atoms with Gasteiger partial charge in [-0.25, -0.2) is 4.39 Å². The predicted octanol–water partition coefficient (Wildman–Crippen LogP) is 3.39. The number of halogens is 1. The zero-order chi connectivity index (χ0) is 12.3. The van der Waals surface area contributed by atoms with Crippen LogP contribution in [0, 0.1) is 12.7 Å². The van der Waals surface area contributed by atoms with E-state index in [1.54, 1.807) is 12.1 Å². The maximum absolute atomic E-state index is 13.0. The van der Waals surface area contributed by atoms with Crippen molar-refractivity contribution in [3.05, 3.63) is 59.4 Å². The molecule has 0 fully saturated rings. The summed E-state index contributed by atoms with van der Waals surface area (Å²) in [6.07, 6.45) is 0. The Morgan fingerprint density at radius 3 is 2.71 bits per heavy atom. The molecule has 88 valence electrons. The Morgan fingerprint density at radius 2 is 2.00 bits per heavy atom. The lowest BCUT2D eigenvalue weighted by atomic mass is 10.1. The maximum atomic E-state index is 13.0. The zero-order valence-corrected chi connectivity index (χ0v) is 9.61. The molecule has 0 aromatic heterocycles. The van der Waals surface area contributed by atoms with Crippen molar-refractivity contribution in [2.75, 3.05) is 0 Å². The van der Waals surface area contributed by atoms with E-state index in [0.29, 0.717) is 18.0 Å². The van der Waals surface area contributed by atoms with Gasteiger partial charge in [0, 0.05) is 18.2 Å². The van der Waals surface area contributed by atoms with Crippen molar-refractivity contribution >= 4 is 0 Å². The van der Waals surface area contributed by atoms with Crippen LogP contribution in [0.5, 0.6) is 11.5 Å². The van der Waals surface area contributed by atoms with Gasteiger partial charge in [0.05, 0.1) is 0 Å². The summed E-state index contributed by atoms with van der Waals surface area (Å²) in [5.41, 5.74) is 7.61. The lowest BCUT2D eigenvalue weighted by Crippen LogP contribution is -1.99. The molecule has 0 spiro atoms. The zero-order valence-electron chi connectivity index (χ0n) is 9.61. The maximum Gasteiger partial charge on any atom is 0.132 e. The molecule has 0 unspecified atom stereocenters. The first-order chi connectivity index (χ1) is 8.19. The summed E-state index contributed by atoms with van der Waals surface area (Å²) in [6, 6.07) is 11.8. The molecule has 2 N–H and O–H groups in total. The Bertz CT molecular complexity index is 525. The first-order valence-corrected chi connectivity index (χ1v) is 5.42. The number of ether oxygens (including phenoxy) is 1. The van der Waals surface area contributed by atoms with Crippen molar-refractivity contribution in [3.63, 3.8) is 0 Å². The number of nitrogens with two attached hydrogens (primary N) is 1. The second kappa shape index (κ2) is 4.97. The van der Waals surface area contributed by atoms with Crippen LogP contribution in [0.15, 0.2) is 42.5 Å². The highest BCUT2D eigenvalue weighted by molar-refractivity contribution is 5.40. The first kappa shape index (κ1) is 11.6. The van der Waals surface area contributed by atoms with Gasteiger partial charge in [0.1, 0.15) is 17.3 Å². The molecule has 0 aliphatic carbocycles. The molecule has 0 radical (unpaired) electrons. The third-order valence-electron chi connectivity index (χ3n) is 2.47. The molecule has 3 heteroatoms. The predicted molar refractivity (Wildman–Crippen MR) is 65.5 cm³/mol. The van der Waals surface area contributed by atoms with Gasteiger partial charge in [-0.1, -0.05) is 18.2 Å². The van der Waals surface area contributed by atoms with Crippen LogP contribution < -0.4 is 10.5 Å². The van der Waals surface area contributed by atoms with Gasteiger partial charge in [-0.3, -0.25) is 0 Å². The van der Waals surface area contributed by atoms with Crippen molar-refractivity contribution in [1.82, 2.24) is 0 Å². The number of aryl methyl sites for hydroxylation is 1. The van der Waals surface area contributed by atoms with E-state index < -0.39 is 0 Å². The van der Waals surface area contributed by atoms with Crippen molar-refractivity contribution in [3.8, 4) is 11.5 Å². The molecule has 2 rings (SSSR count). The fraction of sp³-hybridized carbons (Fsp3) is 0.143. The summed E-state index contributed by atoms with van der Waals surface area (Å²) in [5, 5.41) is 0. The summed E-state index contributed by atoms with van der Waals surface area (Å²) in [4.78, 5) is 0. The van der Waals surface area contributed by atoms with Gasteiger partial charge in [-0.05, 0) is 30.7 Å². The van der Waals surface area contributed by atoms with E-state index in [1.807, 2.05) is 25.1 Å². The molecule has 17 heavy (non-hydrogen) atoms. The van der Waals surface area contributed by atoms with Gasteiger partial charge >= 0.3 is 0 Å². The second-order valence-electron chi connectivity index (χ2n) is 3.87. The summed E-state index contributed by atoms with van der Waals surface area (Å²) >= 11 is 0. The van der Waals surface area contributed by atoms with Crippen LogP contribution in [-0.4, -0.2) is 0 Å². The van der Waals surface area contributed by atoms with Gasteiger partial charge in [-0.2, -0.15) is 0 Å². The van der Waals surface area contributed by atoms with Crippen molar-refractivity contribution in [2.45, 2.75) is 13.5 Å². The highest BCUT2D eigenvalue weighted by Crippen LogP contribution is 2.26. The lowest BCUT2D eigenvalue weighted by Gasteiger charge is -2.10. The highest BCUT2D eigenvalue weighted by atomic mass is 19.1. The molecule has 2 aromatic rings. The van der Waals surface area contributed by atoms with Gasteiger partial charge in [0.25, 0.3) is 0 Å². The average molecular weight is 231 g/mol. The summed E-state index contributed by atoms with van der Waals surface area (Å²) in [7, 11) is 0. The standard InChI is InChI=1S/C14H14FNO/c1-10-5-6-11(9-16)14(7-10)17-13-4-2-3-12(15)8-13/h2-8H,9,16H2,1H3. The minimum atomic E-state index is -0.315. The summed E-state index contributed by atoms with van der Waals surface area (Å²) in [5.74, 6) is 0.841. The molecule has 0 atom stereocenters. The van der Waals surface area contributed by atoms with Gasteiger partial charge in [0.15, 0.2) is 0 Å². The minimum absolute atomic E-state index is 0.315. The van der Waals surface area contributed by atoms with E-state index in [1.165, 1.54) is 12.1 Å². The Labute approximate surface area is 99.8 Å². The van der Waals surface area contributed by atoms with E-state index in [2.05, 4.69) is 0 Å². The Kier molecular flexibility index (Phi) is 3.40. The molecule has 0 amide bonds.